The summed E-state index contributed by atoms with van der Waals surface area (Å²) in [4.78, 5) is 12.1. The fourth-order valence-corrected chi connectivity index (χ4v) is 2.93. The first-order chi connectivity index (χ1) is 10.8. The van der Waals surface area contributed by atoms with E-state index in [4.69, 9.17) is 4.74 Å². The van der Waals surface area contributed by atoms with Gasteiger partial charge in [0.15, 0.2) is 5.69 Å². The molecule has 2 atom stereocenters. The Morgan fingerprint density at radius 1 is 1.48 bits per heavy atom. The summed E-state index contributed by atoms with van der Waals surface area (Å²) in [5, 5.41) is 6.39. The van der Waals surface area contributed by atoms with E-state index < -0.39 is 11.9 Å². The van der Waals surface area contributed by atoms with Crippen LogP contribution < -0.4 is 5.32 Å². The fraction of sp³-hybridized carbons (Fsp3) is 0.733. The molecule has 0 aromatic carbocycles. The molecule has 128 valence electrons. The second-order valence-electron chi connectivity index (χ2n) is 6.29. The maximum atomic E-state index is 12.8. The van der Waals surface area contributed by atoms with Crippen LogP contribution in [0.1, 0.15) is 49.9 Å². The van der Waals surface area contributed by atoms with Crippen LogP contribution in [0.15, 0.2) is 6.07 Å². The van der Waals surface area contributed by atoms with Gasteiger partial charge in [-0.2, -0.15) is 18.3 Å². The molecule has 1 aliphatic carbocycles. The number of rotatable bonds is 5. The summed E-state index contributed by atoms with van der Waals surface area (Å²) in [6.07, 6.45) is -0.978. The van der Waals surface area contributed by atoms with Gasteiger partial charge in [-0.3, -0.25) is 9.48 Å². The minimum Gasteiger partial charge on any atom is -0.376 e. The van der Waals surface area contributed by atoms with Crippen molar-refractivity contribution in [1.82, 2.24) is 15.1 Å². The molecule has 2 fully saturated rings. The fourth-order valence-electron chi connectivity index (χ4n) is 2.93. The third kappa shape index (κ3) is 3.85. The summed E-state index contributed by atoms with van der Waals surface area (Å²) in [7, 11) is 0. The smallest absolute Gasteiger partial charge is 0.376 e. The molecule has 0 spiro atoms. The van der Waals surface area contributed by atoms with Crippen LogP contribution in [0.4, 0.5) is 13.2 Å². The first kappa shape index (κ1) is 16.3. The Morgan fingerprint density at radius 3 is 2.78 bits per heavy atom. The summed E-state index contributed by atoms with van der Waals surface area (Å²) in [6.45, 7) is 2.34. The predicted molar refractivity (Wildman–Crippen MR) is 75.8 cm³/mol. The van der Waals surface area contributed by atoms with Crippen LogP contribution in [0.5, 0.6) is 0 Å². The molecule has 23 heavy (non-hydrogen) atoms. The Balaban J connectivity index is 1.66. The summed E-state index contributed by atoms with van der Waals surface area (Å²) < 4.78 is 45.2. The van der Waals surface area contributed by atoms with Crippen LogP contribution in [-0.4, -0.2) is 34.4 Å². The zero-order valence-corrected chi connectivity index (χ0v) is 12.9. The molecule has 5 nitrogen and oxygen atoms in total. The van der Waals surface area contributed by atoms with Crippen LogP contribution in [0.3, 0.4) is 0 Å². The molecule has 1 saturated carbocycles. The number of carbonyl (C=O) groups excluding carboxylic acids is 1. The van der Waals surface area contributed by atoms with Gasteiger partial charge < -0.3 is 10.1 Å². The zero-order valence-electron chi connectivity index (χ0n) is 12.9. The highest BCUT2D eigenvalue weighted by molar-refractivity contribution is 5.76. The van der Waals surface area contributed by atoms with Crippen LogP contribution in [0.2, 0.25) is 0 Å². The topological polar surface area (TPSA) is 56.2 Å². The quantitative estimate of drug-likeness (QED) is 0.902. The summed E-state index contributed by atoms with van der Waals surface area (Å²) in [6, 6.07) is 0.904. The molecule has 3 rings (SSSR count). The number of nitrogens with one attached hydrogen (secondary N) is 1. The number of ether oxygens (including phenoxy) is 1. The average molecular weight is 331 g/mol. The molecule has 0 radical (unpaired) electrons. The van der Waals surface area contributed by atoms with Crippen LogP contribution in [-0.2, 0) is 22.3 Å². The first-order valence-electron chi connectivity index (χ1n) is 7.90. The normalized spacial score (nSPS) is 23.0. The van der Waals surface area contributed by atoms with E-state index in [1.807, 2.05) is 6.92 Å². The zero-order chi connectivity index (χ0) is 16.6. The SMILES string of the molecule is CC(NC(=O)Cn1nc(C(F)(F)F)cc1C1CC1)C1CCCO1. The molecule has 1 aromatic heterocycles. The molecule has 0 bridgehead atoms. The lowest BCUT2D eigenvalue weighted by atomic mass is 10.1. The summed E-state index contributed by atoms with van der Waals surface area (Å²) >= 11 is 0. The van der Waals surface area contributed by atoms with Gasteiger partial charge >= 0.3 is 6.18 Å². The van der Waals surface area contributed by atoms with Gasteiger partial charge in [0.1, 0.15) is 6.54 Å². The Morgan fingerprint density at radius 2 is 2.22 bits per heavy atom. The number of amides is 1. The molecule has 1 aliphatic heterocycles. The number of hydrogen-bond donors (Lipinski definition) is 1. The highest BCUT2D eigenvalue weighted by atomic mass is 19.4. The number of carbonyl (C=O) groups is 1. The minimum atomic E-state index is -4.49. The highest BCUT2D eigenvalue weighted by Crippen LogP contribution is 2.42. The first-order valence-corrected chi connectivity index (χ1v) is 7.90. The van der Waals surface area contributed by atoms with Crippen molar-refractivity contribution in [2.24, 2.45) is 0 Å². The van der Waals surface area contributed by atoms with Crippen molar-refractivity contribution in [3.05, 3.63) is 17.5 Å². The van der Waals surface area contributed by atoms with Gasteiger partial charge in [-0.1, -0.05) is 0 Å². The van der Waals surface area contributed by atoms with Gasteiger partial charge in [0.05, 0.1) is 12.1 Å². The molecular weight excluding hydrogens is 311 g/mol. The number of alkyl halides is 3. The summed E-state index contributed by atoms with van der Waals surface area (Å²) in [5.41, 5.74) is -0.434. The van der Waals surface area contributed by atoms with E-state index in [0.29, 0.717) is 12.3 Å². The highest BCUT2D eigenvalue weighted by Gasteiger charge is 2.38. The lowest BCUT2D eigenvalue weighted by Crippen LogP contribution is -2.42. The van der Waals surface area contributed by atoms with E-state index in [9.17, 15) is 18.0 Å². The van der Waals surface area contributed by atoms with Crippen molar-refractivity contribution in [3.63, 3.8) is 0 Å². The number of nitrogens with zero attached hydrogens (tertiary/aromatic N) is 2. The average Bonchev–Trinajstić information content (AvgIpc) is 3.00. The lowest BCUT2D eigenvalue weighted by Gasteiger charge is -2.20. The molecule has 2 heterocycles. The van der Waals surface area contributed by atoms with Gasteiger partial charge in [-0.25, -0.2) is 0 Å². The second kappa shape index (κ2) is 6.14. The molecule has 1 N–H and O–H groups in total. The molecule has 1 aromatic rings. The molecule has 8 heteroatoms. The lowest BCUT2D eigenvalue weighted by molar-refractivity contribution is -0.141. The molecule has 1 saturated heterocycles. The number of halogens is 3. The number of hydrogen-bond acceptors (Lipinski definition) is 3. The monoisotopic (exact) mass is 331 g/mol. The Bertz CT molecular complexity index is 575. The van der Waals surface area contributed by atoms with E-state index in [2.05, 4.69) is 10.4 Å². The van der Waals surface area contributed by atoms with E-state index in [1.165, 1.54) is 4.68 Å². The number of aromatic nitrogens is 2. The second-order valence-corrected chi connectivity index (χ2v) is 6.29. The van der Waals surface area contributed by atoms with Gasteiger partial charge in [0, 0.05) is 18.2 Å². The molecule has 2 unspecified atom stereocenters. The van der Waals surface area contributed by atoms with Crippen molar-refractivity contribution in [1.29, 1.82) is 0 Å². The summed E-state index contributed by atoms with van der Waals surface area (Å²) in [5.74, 6) is -0.256. The van der Waals surface area contributed by atoms with Gasteiger partial charge in [0.25, 0.3) is 0 Å². The van der Waals surface area contributed by atoms with Crippen molar-refractivity contribution < 1.29 is 22.7 Å². The standard InChI is InChI=1S/C15H20F3N3O2/c1-9(12-3-2-6-23-12)19-14(22)8-21-11(10-4-5-10)7-13(20-21)15(16,17)18/h7,9-10,12H,2-6,8H2,1H3,(H,19,22). The van der Waals surface area contributed by atoms with Gasteiger partial charge in [-0.05, 0) is 38.7 Å². The third-order valence-electron chi connectivity index (χ3n) is 4.30. The van der Waals surface area contributed by atoms with E-state index >= 15 is 0 Å². The van der Waals surface area contributed by atoms with E-state index in [0.717, 1.165) is 31.7 Å². The van der Waals surface area contributed by atoms with Crippen molar-refractivity contribution >= 4 is 5.91 Å². The Labute approximate surface area is 132 Å². The maximum Gasteiger partial charge on any atom is 0.435 e. The Hall–Kier alpha value is -1.57. The van der Waals surface area contributed by atoms with Gasteiger partial charge in [0.2, 0.25) is 5.91 Å². The molecular formula is C15H20F3N3O2. The largest absolute Gasteiger partial charge is 0.435 e. The Kier molecular flexibility index (Phi) is 4.35. The maximum absolute atomic E-state index is 12.8. The van der Waals surface area contributed by atoms with Crippen molar-refractivity contribution in [2.75, 3.05) is 6.61 Å². The van der Waals surface area contributed by atoms with E-state index in [-0.39, 0.29) is 30.5 Å². The van der Waals surface area contributed by atoms with Crippen molar-refractivity contribution in [3.8, 4) is 0 Å². The minimum absolute atomic E-state index is 0.0230. The molecule has 1 amide bonds. The third-order valence-corrected chi connectivity index (χ3v) is 4.30. The predicted octanol–water partition coefficient (Wildman–Crippen LogP) is 2.46. The van der Waals surface area contributed by atoms with E-state index in [1.54, 1.807) is 0 Å². The molecule has 2 aliphatic rings. The van der Waals surface area contributed by atoms with Crippen LogP contribution in [0.25, 0.3) is 0 Å². The van der Waals surface area contributed by atoms with Crippen LogP contribution in [0, 0.1) is 0 Å². The van der Waals surface area contributed by atoms with Gasteiger partial charge in [-0.15, -0.1) is 0 Å². The van der Waals surface area contributed by atoms with Crippen LogP contribution >= 0.6 is 0 Å². The van der Waals surface area contributed by atoms with Crippen molar-refractivity contribution in [2.45, 2.75) is 63.4 Å².